The summed E-state index contributed by atoms with van der Waals surface area (Å²) in [6.07, 6.45) is 1.83. The first kappa shape index (κ1) is 24.8. The monoisotopic (exact) mass is 512 g/mol. The fraction of sp³-hybridized carbons (Fsp3) is 0.267. The molecule has 1 N–H and O–H groups in total. The molecule has 2 aromatic carbocycles. The van der Waals surface area contributed by atoms with Crippen LogP contribution in [0.3, 0.4) is 0 Å². The minimum absolute atomic E-state index is 0.144. The third-order valence-corrected chi connectivity index (χ3v) is 7.51. The number of para-hydroxylation sites is 1. The molecule has 3 heterocycles. The van der Waals surface area contributed by atoms with E-state index in [-0.39, 0.29) is 12.1 Å². The van der Waals surface area contributed by atoms with E-state index >= 15 is 0 Å². The van der Waals surface area contributed by atoms with Crippen LogP contribution in [0.2, 0.25) is 0 Å². The standard InChI is InChI=1S/C30H32N4O2S/c1-18-10-9-11-19(2)28(18)33-20(3)16-23(21(33)4)29-27(24-12-7-8-15-31-24)32-30(37)34(29)25-14-13-22(35-5)17-26(25)36-6/h7-17,27,29H,1-6H3,(H,32,37)/t27-,29+/m0/s1. The molecule has 2 aromatic heterocycles. The largest absolute Gasteiger partial charge is 0.497 e. The summed E-state index contributed by atoms with van der Waals surface area (Å²) in [5.74, 6) is 1.42. The molecule has 37 heavy (non-hydrogen) atoms. The Morgan fingerprint density at radius 2 is 1.65 bits per heavy atom. The van der Waals surface area contributed by atoms with Crippen LogP contribution in [0.25, 0.3) is 5.69 Å². The van der Waals surface area contributed by atoms with Crippen LogP contribution in [0.4, 0.5) is 5.69 Å². The van der Waals surface area contributed by atoms with E-state index < -0.39 is 0 Å². The van der Waals surface area contributed by atoms with E-state index in [0.717, 1.165) is 17.1 Å². The molecular weight excluding hydrogens is 480 g/mol. The Bertz CT molecular complexity index is 1440. The highest BCUT2D eigenvalue weighted by molar-refractivity contribution is 7.80. The van der Waals surface area contributed by atoms with Gasteiger partial charge in [0.05, 0.1) is 43.4 Å². The second-order valence-electron chi connectivity index (χ2n) is 9.44. The van der Waals surface area contributed by atoms with E-state index in [0.29, 0.717) is 10.9 Å². The van der Waals surface area contributed by atoms with E-state index in [1.54, 1.807) is 14.2 Å². The normalized spacial score (nSPS) is 17.1. The van der Waals surface area contributed by atoms with E-state index in [2.05, 4.69) is 66.7 Å². The van der Waals surface area contributed by atoms with Gasteiger partial charge in [0.15, 0.2) is 5.11 Å². The van der Waals surface area contributed by atoms with Gasteiger partial charge in [0.2, 0.25) is 0 Å². The van der Waals surface area contributed by atoms with Crippen LogP contribution in [0.1, 0.15) is 45.9 Å². The maximum absolute atomic E-state index is 5.96. The topological polar surface area (TPSA) is 51.5 Å². The van der Waals surface area contributed by atoms with Crippen molar-refractivity contribution in [2.45, 2.75) is 39.8 Å². The number of pyridine rings is 1. The zero-order chi connectivity index (χ0) is 26.3. The van der Waals surface area contributed by atoms with Crippen molar-refractivity contribution in [1.29, 1.82) is 0 Å². The Labute approximate surface area is 223 Å². The first-order chi connectivity index (χ1) is 17.8. The number of benzene rings is 2. The number of ether oxygens (including phenoxy) is 2. The van der Waals surface area contributed by atoms with Gasteiger partial charge in [-0.1, -0.05) is 24.3 Å². The summed E-state index contributed by atoms with van der Waals surface area (Å²) >= 11 is 5.96. The lowest BCUT2D eigenvalue weighted by Gasteiger charge is -2.29. The molecule has 0 amide bonds. The van der Waals surface area contributed by atoms with Crippen LogP contribution >= 0.6 is 12.2 Å². The molecule has 190 valence electrons. The molecule has 1 aliphatic heterocycles. The highest BCUT2D eigenvalue weighted by atomic mass is 32.1. The van der Waals surface area contributed by atoms with Crippen LogP contribution in [-0.4, -0.2) is 28.9 Å². The number of anilines is 1. The van der Waals surface area contributed by atoms with E-state index in [1.807, 2.05) is 42.6 Å². The Kier molecular flexibility index (Phi) is 6.65. The van der Waals surface area contributed by atoms with Crippen molar-refractivity contribution >= 4 is 23.0 Å². The van der Waals surface area contributed by atoms with Crippen molar-refractivity contribution in [3.63, 3.8) is 0 Å². The number of nitrogens with zero attached hydrogens (tertiary/aromatic N) is 3. The fourth-order valence-electron chi connectivity index (χ4n) is 5.50. The predicted octanol–water partition coefficient (Wildman–Crippen LogP) is 6.30. The molecule has 1 fully saturated rings. The smallest absolute Gasteiger partial charge is 0.174 e. The van der Waals surface area contributed by atoms with Gasteiger partial charge in [-0.2, -0.15) is 0 Å². The number of aryl methyl sites for hydroxylation is 3. The summed E-state index contributed by atoms with van der Waals surface area (Å²) in [5, 5.41) is 4.19. The molecule has 0 spiro atoms. The number of thiocarbonyl (C=S) groups is 1. The van der Waals surface area contributed by atoms with Gasteiger partial charge >= 0.3 is 0 Å². The average molecular weight is 513 g/mol. The lowest BCUT2D eigenvalue weighted by Crippen LogP contribution is -2.30. The summed E-state index contributed by atoms with van der Waals surface area (Å²) in [6.45, 7) is 8.68. The highest BCUT2D eigenvalue weighted by Crippen LogP contribution is 2.47. The van der Waals surface area contributed by atoms with Crippen molar-refractivity contribution in [2.24, 2.45) is 0 Å². The van der Waals surface area contributed by atoms with Crippen LogP contribution < -0.4 is 19.7 Å². The van der Waals surface area contributed by atoms with Gasteiger partial charge in [0.25, 0.3) is 0 Å². The van der Waals surface area contributed by atoms with Gasteiger partial charge in [-0.25, -0.2) is 0 Å². The van der Waals surface area contributed by atoms with E-state index in [1.165, 1.54) is 33.8 Å². The number of hydrogen-bond donors (Lipinski definition) is 1. The molecule has 2 atom stereocenters. The van der Waals surface area contributed by atoms with Crippen LogP contribution in [-0.2, 0) is 0 Å². The Morgan fingerprint density at radius 1 is 0.892 bits per heavy atom. The second kappa shape index (κ2) is 9.90. The first-order valence-electron chi connectivity index (χ1n) is 12.3. The molecule has 7 heteroatoms. The predicted molar refractivity (Wildman–Crippen MR) is 152 cm³/mol. The van der Waals surface area contributed by atoms with Crippen LogP contribution in [0.15, 0.2) is 66.9 Å². The van der Waals surface area contributed by atoms with E-state index in [4.69, 9.17) is 26.7 Å². The Balaban J connectivity index is 1.73. The van der Waals surface area contributed by atoms with Gasteiger partial charge in [0.1, 0.15) is 11.5 Å². The fourth-order valence-corrected chi connectivity index (χ4v) is 5.84. The highest BCUT2D eigenvalue weighted by Gasteiger charge is 2.43. The van der Waals surface area contributed by atoms with Gasteiger partial charge in [-0.05, 0) is 86.9 Å². The average Bonchev–Trinajstić information content (AvgIpc) is 3.39. The van der Waals surface area contributed by atoms with Crippen molar-refractivity contribution in [2.75, 3.05) is 19.1 Å². The second-order valence-corrected chi connectivity index (χ2v) is 9.82. The number of aromatic nitrogens is 2. The van der Waals surface area contributed by atoms with E-state index in [9.17, 15) is 0 Å². The van der Waals surface area contributed by atoms with Crippen molar-refractivity contribution < 1.29 is 9.47 Å². The molecular formula is C30H32N4O2S. The minimum Gasteiger partial charge on any atom is -0.497 e. The third kappa shape index (κ3) is 4.23. The molecule has 0 bridgehead atoms. The zero-order valence-electron chi connectivity index (χ0n) is 22.1. The maximum Gasteiger partial charge on any atom is 0.174 e. The Hall–Kier alpha value is -3.84. The van der Waals surface area contributed by atoms with Crippen molar-refractivity contribution in [1.82, 2.24) is 14.9 Å². The lowest BCUT2D eigenvalue weighted by molar-refractivity contribution is 0.394. The third-order valence-electron chi connectivity index (χ3n) is 7.20. The summed E-state index contributed by atoms with van der Waals surface area (Å²) < 4.78 is 13.6. The Morgan fingerprint density at radius 3 is 2.30 bits per heavy atom. The lowest BCUT2D eigenvalue weighted by atomic mass is 9.96. The quantitative estimate of drug-likeness (QED) is 0.306. The minimum atomic E-state index is -0.146. The molecule has 0 aliphatic carbocycles. The first-order valence-corrected chi connectivity index (χ1v) is 12.7. The molecule has 0 radical (unpaired) electrons. The maximum atomic E-state index is 5.96. The SMILES string of the molecule is COc1ccc(N2C(=S)N[C@@H](c3ccccn3)[C@H]2c2cc(C)n(-c3c(C)cccc3C)c2C)c(OC)c1. The van der Waals surface area contributed by atoms with Crippen LogP contribution in [0, 0.1) is 27.7 Å². The van der Waals surface area contributed by atoms with Crippen molar-refractivity contribution in [3.8, 4) is 17.2 Å². The van der Waals surface area contributed by atoms with Gasteiger partial charge in [-0.3, -0.25) is 4.98 Å². The molecule has 6 nitrogen and oxygen atoms in total. The molecule has 5 rings (SSSR count). The summed E-state index contributed by atoms with van der Waals surface area (Å²) in [5.41, 5.74) is 9.03. The van der Waals surface area contributed by atoms with Gasteiger partial charge in [0, 0.05) is 23.7 Å². The van der Waals surface area contributed by atoms with Crippen LogP contribution in [0.5, 0.6) is 11.5 Å². The molecule has 0 unspecified atom stereocenters. The number of rotatable bonds is 6. The number of methoxy groups -OCH3 is 2. The van der Waals surface area contributed by atoms with Gasteiger partial charge in [-0.15, -0.1) is 0 Å². The summed E-state index contributed by atoms with van der Waals surface area (Å²) in [7, 11) is 3.32. The molecule has 0 saturated carbocycles. The summed E-state index contributed by atoms with van der Waals surface area (Å²) in [6, 6.07) is 20.3. The number of hydrogen-bond acceptors (Lipinski definition) is 4. The number of nitrogens with one attached hydrogen (secondary N) is 1. The van der Waals surface area contributed by atoms with Gasteiger partial charge < -0.3 is 24.3 Å². The molecule has 4 aromatic rings. The molecule has 1 saturated heterocycles. The molecule has 1 aliphatic rings. The van der Waals surface area contributed by atoms with Crippen molar-refractivity contribution in [3.05, 3.63) is 101 Å². The summed E-state index contributed by atoms with van der Waals surface area (Å²) in [4.78, 5) is 6.86. The zero-order valence-corrected chi connectivity index (χ0v) is 22.9.